The van der Waals surface area contributed by atoms with Crippen molar-refractivity contribution in [2.75, 3.05) is 45.8 Å². The number of hydrogen-bond donors (Lipinski definition) is 4. The number of carbonyl (C=O) groups is 3. The van der Waals surface area contributed by atoms with Crippen molar-refractivity contribution in [3.8, 4) is 0 Å². The molecule has 0 bridgehead atoms. The van der Waals surface area contributed by atoms with Crippen LogP contribution in [-0.4, -0.2) is 68.2 Å². The second kappa shape index (κ2) is 24.1. The molecule has 0 saturated heterocycles. The van der Waals surface area contributed by atoms with E-state index in [4.69, 9.17) is 17.2 Å². The molecule has 0 aliphatic rings. The molecule has 1 amide bonds. The van der Waals surface area contributed by atoms with Gasteiger partial charge in [-0.25, -0.2) is 0 Å². The number of nitrogens with zero attached hydrogens (tertiary/aromatic N) is 1. The van der Waals surface area contributed by atoms with Crippen LogP contribution in [0.1, 0.15) is 44.9 Å². The van der Waals surface area contributed by atoms with E-state index in [0.29, 0.717) is 90.8 Å². The summed E-state index contributed by atoms with van der Waals surface area (Å²) in [6.07, 6.45) is 3.51. The summed E-state index contributed by atoms with van der Waals surface area (Å²) in [7, 11) is 0. The quantitative estimate of drug-likeness (QED) is 0.165. The van der Waals surface area contributed by atoms with Crippen LogP contribution in [0.3, 0.4) is 0 Å². The molecule has 0 radical (unpaired) electrons. The Labute approximate surface area is 212 Å². The fourth-order valence-corrected chi connectivity index (χ4v) is 2.31. The van der Waals surface area contributed by atoms with E-state index in [9.17, 15) is 14.4 Å². The first kappa shape index (κ1) is 32.6. The summed E-state index contributed by atoms with van der Waals surface area (Å²) in [5.74, 6) is 0.259. The van der Waals surface area contributed by atoms with Crippen LogP contribution in [0.5, 0.6) is 0 Å². The number of halogens is 3. The zero-order valence-corrected chi connectivity index (χ0v) is 24.8. The summed E-state index contributed by atoms with van der Waals surface area (Å²) in [6.45, 7) is 3.49. The zero-order valence-electron chi connectivity index (χ0n) is 16.9. The Morgan fingerprint density at radius 2 is 1.14 bits per heavy atom. The minimum atomic E-state index is -0.278. The van der Waals surface area contributed by atoms with Crippen molar-refractivity contribution < 1.29 is 19.3 Å². The molecule has 12 heteroatoms. The summed E-state index contributed by atoms with van der Waals surface area (Å²) in [6, 6.07) is 0. The van der Waals surface area contributed by atoms with Crippen LogP contribution in [0.4, 0.5) is 0 Å². The van der Waals surface area contributed by atoms with E-state index in [1.807, 2.05) is 4.90 Å². The Hall–Kier alpha value is 1.42. The maximum absolute atomic E-state index is 11.8. The molecular formula is C17H35I3N5O3V. The predicted molar refractivity (Wildman–Crippen MR) is 141 cm³/mol. The fourth-order valence-electron chi connectivity index (χ4n) is 2.31. The van der Waals surface area contributed by atoms with Crippen molar-refractivity contribution in [1.29, 1.82) is 0 Å². The molecule has 0 rings (SSSR count). The van der Waals surface area contributed by atoms with Crippen LogP contribution >= 0.6 is 59.9 Å². The van der Waals surface area contributed by atoms with Crippen LogP contribution in [0, 0.1) is 0 Å². The monoisotopic (exact) mass is 789 g/mol. The molecular weight excluding hydrogens is 754 g/mol. The summed E-state index contributed by atoms with van der Waals surface area (Å²) in [5, 5.41) is 2.72. The molecule has 7 N–H and O–H groups in total. The minimum absolute atomic E-state index is 0.0700. The van der Waals surface area contributed by atoms with E-state index in [0.717, 1.165) is 0 Å². The van der Waals surface area contributed by atoms with Gasteiger partial charge in [-0.1, -0.05) is 0 Å². The van der Waals surface area contributed by atoms with Crippen molar-refractivity contribution in [2.45, 2.75) is 44.9 Å². The SMILES string of the molecule is NCCCC(=O)CCN(CCC(=O)CCCN)CCC(=O)NCCN.[I][V]([I])[I]. The third kappa shape index (κ3) is 27.4. The Morgan fingerprint density at radius 1 is 0.724 bits per heavy atom. The van der Waals surface area contributed by atoms with Crippen LogP contribution in [0.15, 0.2) is 0 Å². The molecule has 8 nitrogen and oxygen atoms in total. The molecule has 29 heavy (non-hydrogen) atoms. The van der Waals surface area contributed by atoms with Gasteiger partial charge >= 0.3 is 64.9 Å². The van der Waals surface area contributed by atoms with Crippen molar-refractivity contribution in [3.63, 3.8) is 0 Å². The molecule has 0 spiro atoms. The molecule has 0 aliphatic heterocycles. The Kier molecular flexibility index (Phi) is 27.1. The average molecular weight is 789 g/mol. The van der Waals surface area contributed by atoms with Crippen molar-refractivity contribution >= 4 is 77.4 Å². The summed E-state index contributed by atoms with van der Waals surface area (Å²) >= 11 is 7.39. The molecule has 0 aromatic rings. The molecule has 0 aliphatic carbocycles. The number of hydrogen-bond acceptors (Lipinski definition) is 7. The molecule has 0 atom stereocenters. The van der Waals surface area contributed by atoms with Crippen molar-refractivity contribution in [1.82, 2.24) is 10.2 Å². The van der Waals surface area contributed by atoms with Gasteiger partial charge in [0.1, 0.15) is 11.6 Å². The maximum atomic E-state index is 11.8. The number of nitrogens with one attached hydrogen (secondary N) is 1. The van der Waals surface area contributed by atoms with Crippen LogP contribution in [-0.2, 0) is 19.3 Å². The first-order valence-corrected chi connectivity index (χ1v) is 23.2. The van der Waals surface area contributed by atoms with Crippen molar-refractivity contribution in [2.24, 2.45) is 17.2 Å². The third-order valence-electron chi connectivity index (χ3n) is 3.85. The van der Waals surface area contributed by atoms with E-state index < -0.39 is 0 Å². The third-order valence-corrected chi connectivity index (χ3v) is 3.85. The van der Waals surface area contributed by atoms with Gasteiger partial charge in [-0.2, -0.15) is 0 Å². The topological polar surface area (TPSA) is 145 Å². The van der Waals surface area contributed by atoms with Crippen molar-refractivity contribution in [3.05, 3.63) is 0 Å². The summed E-state index contributed by atoms with van der Waals surface area (Å²) < 4.78 is 0. The van der Waals surface area contributed by atoms with Gasteiger partial charge < -0.3 is 27.4 Å². The normalized spacial score (nSPS) is 10.6. The molecule has 0 aromatic heterocycles. The van der Waals surface area contributed by atoms with Crippen LogP contribution in [0.25, 0.3) is 0 Å². The van der Waals surface area contributed by atoms with Gasteiger partial charge in [0.2, 0.25) is 5.91 Å². The van der Waals surface area contributed by atoms with E-state index in [-0.39, 0.29) is 22.4 Å². The molecule has 0 fully saturated rings. The molecule has 0 aromatic carbocycles. The number of ketones is 2. The Morgan fingerprint density at radius 3 is 1.52 bits per heavy atom. The first-order valence-electron chi connectivity index (χ1n) is 9.66. The number of Topliss-reactive ketones (excluding diaryl/α,β-unsaturated/α-hetero) is 2. The second-order valence-corrected chi connectivity index (χ2v) is 41.7. The summed E-state index contributed by atoms with van der Waals surface area (Å²) in [5.41, 5.74) is 16.2. The Balaban J connectivity index is 0. The first-order chi connectivity index (χ1) is 13.8. The molecule has 0 unspecified atom stereocenters. The fraction of sp³-hybridized carbons (Fsp3) is 0.824. The zero-order chi connectivity index (χ0) is 22.5. The van der Waals surface area contributed by atoms with Gasteiger partial charge in [0.15, 0.2) is 0 Å². The predicted octanol–water partition coefficient (Wildman–Crippen LogP) is 1.80. The van der Waals surface area contributed by atoms with Gasteiger partial charge in [-0.05, 0) is 25.9 Å². The van der Waals surface area contributed by atoms with E-state index in [2.05, 4.69) is 65.3 Å². The molecule has 0 heterocycles. The second-order valence-electron chi connectivity index (χ2n) is 6.28. The van der Waals surface area contributed by atoms with Gasteiger partial charge in [-0.3, -0.25) is 14.4 Å². The molecule has 0 saturated carbocycles. The van der Waals surface area contributed by atoms with Gasteiger partial charge in [0.05, 0.1) is 0 Å². The van der Waals surface area contributed by atoms with Gasteiger partial charge in [-0.15, -0.1) is 0 Å². The van der Waals surface area contributed by atoms with E-state index in [1.165, 1.54) is 0 Å². The standard InChI is InChI=1S/C17H35N5O3.3HI.V/c18-8-1-3-15(23)5-12-22(13-6-16(24)4-2-9-19)14-7-17(25)21-11-10-20;;;;/h1-14,18-20H2,(H,21,25);3*1H;/q;;;;+3/p-3. The average Bonchev–Trinajstić information content (AvgIpc) is 2.67. The number of amides is 1. The van der Waals surface area contributed by atoms with Crippen LogP contribution < -0.4 is 22.5 Å². The number of carbonyl (C=O) groups excluding carboxylic acids is 3. The van der Waals surface area contributed by atoms with Gasteiger partial charge in [0.25, 0.3) is 0 Å². The van der Waals surface area contributed by atoms with Gasteiger partial charge in [0, 0.05) is 64.8 Å². The van der Waals surface area contributed by atoms with E-state index in [1.54, 1.807) is 0 Å². The number of nitrogens with two attached hydrogens (primary N) is 3. The van der Waals surface area contributed by atoms with E-state index >= 15 is 0 Å². The van der Waals surface area contributed by atoms with Crippen LogP contribution in [0.2, 0.25) is 0 Å². The molecule has 172 valence electrons. The Bertz CT molecular complexity index is 389. The summed E-state index contributed by atoms with van der Waals surface area (Å²) in [4.78, 5) is 37.1. The number of rotatable bonds is 17.